The molecule has 0 radical (unpaired) electrons. The van der Waals surface area contributed by atoms with Crippen LogP contribution in [0.5, 0.6) is 5.75 Å². The largest absolute Gasteiger partial charge is 0.495 e. The van der Waals surface area contributed by atoms with Crippen molar-refractivity contribution in [1.29, 1.82) is 0 Å². The second-order valence-electron chi connectivity index (χ2n) is 4.22. The number of carbonyl (C=O) groups excluding carboxylic acids is 1. The molecule has 0 bridgehead atoms. The average Bonchev–Trinajstić information content (AvgIpc) is 2.98. The number of para-hydroxylation sites is 2. The predicted octanol–water partition coefficient (Wildman–Crippen LogP) is 3.55. The van der Waals surface area contributed by atoms with Gasteiger partial charge in [-0.2, -0.15) is 0 Å². The summed E-state index contributed by atoms with van der Waals surface area (Å²) in [5.74, 6) is 2.15. The smallest absolute Gasteiger partial charge is 0.237 e. The zero-order chi connectivity index (χ0) is 14.4. The number of hydrogen-bond acceptors (Lipinski definition) is 4. The molecule has 20 heavy (non-hydrogen) atoms. The predicted molar refractivity (Wildman–Crippen MR) is 81.1 cm³/mol. The number of methoxy groups -OCH3 is 1. The van der Waals surface area contributed by atoms with Crippen LogP contribution in [0.15, 0.2) is 47.1 Å². The Morgan fingerprint density at radius 1 is 1.35 bits per heavy atom. The van der Waals surface area contributed by atoms with Gasteiger partial charge in [0.25, 0.3) is 0 Å². The molecule has 1 aromatic heterocycles. The summed E-state index contributed by atoms with van der Waals surface area (Å²) in [6.45, 7) is 1.87. The van der Waals surface area contributed by atoms with Gasteiger partial charge in [-0.3, -0.25) is 4.79 Å². The molecule has 0 aliphatic carbocycles. The maximum absolute atomic E-state index is 12.1. The maximum Gasteiger partial charge on any atom is 0.237 e. The number of anilines is 1. The van der Waals surface area contributed by atoms with Crippen LogP contribution in [-0.2, 0) is 10.5 Å². The summed E-state index contributed by atoms with van der Waals surface area (Å²) < 4.78 is 10.5. The van der Waals surface area contributed by atoms with Crippen LogP contribution >= 0.6 is 11.8 Å². The van der Waals surface area contributed by atoms with Gasteiger partial charge in [0.15, 0.2) is 0 Å². The van der Waals surface area contributed by atoms with Crippen molar-refractivity contribution < 1.29 is 13.9 Å². The van der Waals surface area contributed by atoms with Crippen LogP contribution in [0.1, 0.15) is 12.7 Å². The van der Waals surface area contributed by atoms with Gasteiger partial charge < -0.3 is 14.5 Å². The number of hydrogen-bond donors (Lipinski definition) is 1. The van der Waals surface area contributed by atoms with Crippen molar-refractivity contribution in [2.45, 2.75) is 17.9 Å². The molecule has 0 aliphatic heterocycles. The van der Waals surface area contributed by atoms with E-state index in [-0.39, 0.29) is 11.2 Å². The third-order valence-corrected chi connectivity index (χ3v) is 3.96. The molecule has 2 rings (SSSR count). The Morgan fingerprint density at radius 3 is 2.85 bits per heavy atom. The van der Waals surface area contributed by atoms with E-state index in [1.165, 1.54) is 11.8 Å². The number of thioether (sulfide) groups is 1. The Hall–Kier alpha value is -1.88. The number of ether oxygens (including phenoxy) is 1. The SMILES string of the molecule is COc1ccccc1NC(=O)C(C)SCc1ccco1. The van der Waals surface area contributed by atoms with Gasteiger partial charge in [0, 0.05) is 0 Å². The van der Waals surface area contributed by atoms with Crippen LogP contribution in [0, 0.1) is 0 Å². The molecular formula is C15H17NO3S. The number of carbonyl (C=O) groups is 1. The lowest BCUT2D eigenvalue weighted by molar-refractivity contribution is -0.115. The third-order valence-electron chi connectivity index (χ3n) is 2.79. The number of benzene rings is 1. The molecule has 0 fully saturated rings. The van der Waals surface area contributed by atoms with E-state index in [9.17, 15) is 4.79 Å². The Balaban J connectivity index is 1.90. The van der Waals surface area contributed by atoms with Gasteiger partial charge in [-0.25, -0.2) is 0 Å². The van der Waals surface area contributed by atoms with E-state index in [1.807, 2.05) is 43.3 Å². The monoisotopic (exact) mass is 291 g/mol. The summed E-state index contributed by atoms with van der Waals surface area (Å²) in [7, 11) is 1.58. The molecule has 106 valence electrons. The Morgan fingerprint density at radius 2 is 2.15 bits per heavy atom. The van der Waals surface area contributed by atoms with Crippen molar-refractivity contribution in [3.8, 4) is 5.75 Å². The molecule has 4 nitrogen and oxygen atoms in total. The first kappa shape index (κ1) is 14.5. The summed E-state index contributed by atoms with van der Waals surface area (Å²) in [5, 5.41) is 2.70. The molecule has 1 amide bonds. The molecule has 1 N–H and O–H groups in total. The number of furan rings is 1. The highest BCUT2D eigenvalue weighted by Gasteiger charge is 2.15. The quantitative estimate of drug-likeness (QED) is 0.884. The number of nitrogens with one attached hydrogen (secondary N) is 1. The van der Waals surface area contributed by atoms with Gasteiger partial charge in [0.05, 0.1) is 30.1 Å². The molecular weight excluding hydrogens is 274 g/mol. The molecule has 1 aromatic carbocycles. The van der Waals surface area contributed by atoms with Gasteiger partial charge in [0.1, 0.15) is 11.5 Å². The molecule has 0 saturated heterocycles. The van der Waals surface area contributed by atoms with Gasteiger partial charge in [0.2, 0.25) is 5.91 Å². The fourth-order valence-corrected chi connectivity index (χ4v) is 2.45. The molecule has 2 aromatic rings. The first-order chi connectivity index (χ1) is 9.70. The highest BCUT2D eigenvalue weighted by Crippen LogP contribution is 2.25. The third kappa shape index (κ3) is 3.81. The minimum atomic E-state index is -0.176. The summed E-state index contributed by atoms with van der Waals surface area (Å²) in [6.07, 6.45) is 1.63. The summed E-state index contributed by atoms with van der Waals surface area (Å²) in [4.78, 5) is 12.1. The van der Waals surface area contributed by atoms with Crippen molar-refractivity contribution in [3.63, 3.8) is 0 Å². The summed E-state index contributed by atoms with van der Waals surface area (Å²) in [6, 6.07) is 11.1. The van der Waals surface area contributed by atoms with E-state index in [0.717, 1.165) is 5.76 Å². The Bertz CT molecular complexity index is 554. The van der Waals surface area contributed by atoms with Crippen LogP contribution in [0.3, 0.4) is 0 Å². The van der Waals surface area contributed by atoms with E-state index in [2.05, 4.69) is 5.32 Å². The van der Waals surface area contributed by atoms with Gasteiger partial charge in [-0.05, 0) is 31.2 Å². The normalized spacial score (nSPS) is 11.9. The maximum atomic E-state index is 12.1. The first-order valence-corrected chi connectivity index (χ1v) is 7.33. The first-order valence-electron chi connectivity index (χ1n) is 6.28. The molecule has 1 heterocycles. The van der Waals surface area contributed by atoms with Crippen molar-refractivity contribution in [2.75, 3.05) is 12.4 Å². The molecule has 1 atom stereocenters. The van der Waals surface area contributed by atoms with Crippen molar-refractivity contribution in [3.05, 3.63) is 48.4 Å². The van der Waals surface area contributed by atoms with E-state index in [1.54, 1.807) is 13.4 Å². The van der Waals surface area contributed by atoms with E-state index >= 15 is 0 Å². The van der Waals surface area contributed by atoms with Crippen molar-refractivity contribution in [2.24, 2.45) is 0 Å². The molecule has 5 heteroatoms. The lowest BCUT2D eigenvalue weighted by atomic mass is 10.3. The number of amides is 1. The average molecular weight is 291 g/mol. The molecule has 0 aliphatic rings. The lowest BCUT2D eigenvalue weighted by Crippen LogP contribution is -2.22. The van der Waals surface area contributed by atoms with Gasteiger partial charge in [-0.15, -0.1) is 11.8 Å². The highest BCUT2D eigenvalue weighted by atomic mass is 32.2. The molecule has 0 saturated carbocycles. The van der Waals surface area contributed by atoms with Gasteiger partial charge >= 0.3 is 0 Å². The van der Waals surface area contributed by atoms with Crippen molar-refractivity contribution in [1.82, 2.24) is 0 Å². The minimum Gasteiger partial charge on any atom is -0.495 e. The second-order valence-corrected chi connectivity index (χ2v) is 5.55. The van der Waals surface area contributed by atoms with E-state index in [4.69, 9.17) is 9.15 Å². The van der Waals surface area contributed by atoms with Crippen LogP contribution in [-0.4, -0.2) is 18.3 Å². The Labute approximate surface area is 122 Å². The number of rotatable bonds is 6. The summed E-state index contributed by atoms with van der Waals surface area (Å²) >= 11 is 1.53. The van der Waals surface area contributed by atoms with Gasteiger partial charge in [-0.1, -0.05) is 12.1 Å². The van der Waals surface area contributed by atoms with E-state index in [0.29, 0.717) is 17.2 Å². The minimum absolute atomic E-state index is 0.0499. The molecule has 1 unspecified atom stereocenters. The fraction of sp³-hybridized carbons (Fsp3) is 0.267. The second kappa shape index (κ2) is 7.05. The lowest BCUT2D eigenvalue weighted by Gasteiger charge is -2.13. The standard InChI is InChI=1S/C15H17NO3S/c1-11(20-10-12-6-5-9-19-12)15(17)16-13-7-3-4-8-14(13)18-2/h3-9,11H,10H2,1-2H3,(H,16,17). The zero-order valence-electron chi connectivity index (χ0n) is 11.5. The summed E-state index contributed by atoms with van der Waals surface area (Å²) in [5.41, 5.74) is 0.686. The van der Waals surface area contributed by atoms with Crippen LogP contribution in [0.25, 0.3) is 0 Å². The van der Waals surface area contributed by atoms with Crippen LogP contribution in [0.2, 0.25) is 0 Å². The molecule has 0 spiro atoms. The van der Waals surface area contributed by atoms with E-state index < -0.39 is 0 Å². The van der Waals surface area contributed by atoms with Crippen molar-refractivity contribution >= 4 is 23.4 Å². The fourth-order valence-electron chi connectivity index (χ4n) is 1.66. The van der Waals surface area contributed by atoms with Crippen LogP contribution < -0.4 is 10.1 Å². The topological polar surface area (TPSA) is 51.5 Å². The van der Waals surface area contributed by atoms with Crippen LogP contribution in [0.4, 0.5) is 5.69 Å². The highest BCUT2D eigenvalue weighted by molar-refractivity contribution is 7.99. The Kier molecular flexibility index (Phi) is 5.12. The zero-order valence-corrected chi connectivity index (χ0v) is 12.3.